The highest BCUT2D eigenvalue weighted by Gasteiger charge is 2.32. The number of thiophene rings is 1. The van der Waals surface area contributed by atoms with E-state index in [4.69, 9.17) is 0 Å². The largest absolute Gasteiger partial charge is 0.311 e. The minimum absolute atomic E-state index is 0.623. The maximum atomic E-state index is 3.70. The highest BCUT2D eigenvalue weighted by atomic mass is 79.9. The van der Waals surface area contributed by atoms with Crippen molar-refractivity contribution in [3.8, 4) is 0 Å². The van der Waals surface area contributed by atoms with Crippen molar-refractivity contribution in [1.29, 1.82) is 0 Å². The fourth-order valence-corrected chi connectivity index (χ4v) is 5.28. The molecule has 1 aliphatic carbocycles. The standard InChI is InChI=1S/C16H25BrN2S/c1-12-9-19(10-15-7-14(17)11-20-15)16(8-18-12)13-5-3-2-4-6-13/h7,11-13,16,18H,2-6,8-10H2,1H3. The van der Waals surface area contributed by atoms with Crippen molar-refractivity contribution in [3.05, 3.63) is 20.8 Å². The number of piperazine rings is 1. The van der Waals surface area contributed by atoms with E-state index in [1.54, 1.807) is 0 Å². The van der Waals surface area contributed by atoms with E-state index in [-0.39, 0.29) is 0 Å². The molecule has 3 rings (SSSR count). The Morgan fingerprint density at radius 2 is 2.15 bits per heavy atom. The summed E-state index contributed by atoms with van der Waals surface area (Å²) < 4.78 is 1.23. The quantitative estimate of drug-likeness (QED) is 0.870. The monoisotopic (exact) mass is 356 g/mol. The first-order valence-corrected chi connectivity index (χ1v) is 9.60. The third-order valence-electron chi connectivity index (χ3n) is 4.83. The summed E-state index contributed by atoms with van der Waals surface area (Å²) >= 11 is 5.46. The van der Waals surface area contributed by atoms with Crippen LogP contribution in [-0.2, 0) is 6.54 Å². The zero-order valence-corrected chi connectivity index (χ0v) is 14.7. The molecule has 2 atom stereocenters. The molecule has 0 radical (unpaired) electrons. The van der Waals surface area contributed by atoms with Gasteiger partial charge in [-0.15, -0.1) is 11.3 Å². The summed E-state index contributed by atoms with van der Waals surface area (Å²) in [6.07, 6.45) is 7.20. The second-order valence-electron chi connectivity index (χ2n) is 6.44. The van der Waals surface area contributed by atoms with Crippen LogP contribution in [-0.4, -0.2) is 30.1 Å². The molecule has 20 heavy (non-hydrogen) atoms. The van der Waals surface area contributed by atoms with Crippen molar-refractivity contribution < 1.29 is 0 Å². The highest BCUT2D eigenvalue weighted by Crippen LogP contribution is 2.32. The van der Waals surface area contributed by atoms with Crippen molar-refractivity contribution in [2.45, 2.75) is 57.7 Å². The zero-order valence-electron chi connectivity index (χ0n) is 12.3. The van der Waals surface area contributed by atoms with Gasteiger partial charge >= 0.3 is 0 Å². The lowest BCUT2D eigenvalue weighted by atomic mass is 9.82. The summed E-state index contributed by atoms with van der Waals surface area (Å²) in [7, 11) is 0. The van der Waals surface area contributed by atoms with Gasteiger partial charge in [-0.25, -0.2) is 0 Å². The lowest BCUT2D eigenvalue weighted by Gasteiger charge is -2.44. The van der Waals surface area contributed by atoms with Gasteiger partial charge in [0.15, 0.2) is 0 Å². The molecule has 2 nitrogen and oxygen atoms in total. The van der Waals surface area contributed by atoms with Crippen molar-refractivity contribution in [3.63, 3.8) is 0 Å². The van der Waals surface area contributed by atoms with Crippen LogP contribution in [0.15, 0.2) is 15.9 Å². The molecule has 1 saturated heterocycles. The number of nitrogens with one attached hydrogen (secondary N) is 1. The molecule has 2 aliphatic rings. The van der Waals surface area contributed by atoms with E-state index >= 15 is 0 Å². The summed E-state index contributed by atoms with van der Waals surface area (Å²) in [5.74, 6) is 0.909. The molecule has 2 unspecified atom stereocenters. The lowest BCUT2D eigenvalue weighted by molar-refractivity contribution is 0.0697. The molecule has 0 aromatic carbocycles. The normalized spacial score (nSPS) is 29.7. The molecule has 1 aliphatic heterocycles. The van der Waals surface area contributed by atoms with Crippen LogP contribution in [0.4, 0.5) is 0 Å². The average Bonchev–Trinajstić information content (AvgIpc) is 2.85. The number of hydrogen-bond donors (Lipinski definition) is 1. The Balaban J connectivity index is 1.69. The molecule has 2 heterocycles. The van der Waals surface area contributed by atoms with Crippen LogP contribution in [0.25, 0.3) is 0 Å². The molecule has 1 N–H and O–H groups in total. The van der Waals surface area contributed by atoms with Crippen LogP contribution in [0.1, 0.15) is 43.9 Å². The smallest absolute Gasteiger partial charge is 0.0332 e. The molecular formula is C16H25BrN2S. The summed E-state index contributed by atoms with van der Waals surface area (Å²) in [4.78, 5) is 4.24. The molecule has 0 amide bonds. The number of rotatable bonds is 3. The first kappa shape index (κ1) is 15.0. The summed E-state index contributed by atoms with van der Waals surface area (Å²) in [5.41, 5.74) is 0. The van der Waals surface area contributed by atoms with Gasteiger partial charge in [0.05, 0.1) is 0 Å². The van der Waals surface area contributed by atoms with E-state index in [1.807, 2.05) is 11.3 Å². The van der Waals surface area contributed by atoms with Gasteiger partial charge < -0.3 is 5.32 Å². The summed E-state index contributed by atoms with van der Waals surface area (Å²) in [6, 6.07) is 3.65. The highest BCUT2D eigenvalue weighted by molar-refractivity contribution is 9.10. The van der Waals surface area contributed by atoms with Gasteiger partial charge in [-0.2, -0.15) is 0 Å². The molecule has 1 saturated carbocycles. The Morgan fingerprint density at radius 1 is 1.35 bits per heavy atom. The first-order chi connectivity index (χ1) is 9.72. The average molecular weight is 357 g/mol. The number of nitrogens with zero attached hydrogens (tertiary/aromatic N) is 1. The topological polar surface area (TPSA) is 15.3 Å². The fourth-order valence-electron chi connectivity index (χ4n) is 3.81. The Hall–Kier alpha value is 0.1000. The van der Waals surface area contributed by atoms with E-state index < -0.39 is 0 Å². The molecule has 0 bridgehead atoms. The van der Waals surface area contributed by atoms with E-state index in [9.17, 15) is 0 Å². The van der Waals surface area contributed by atoms with Gasteiger partial charge in [0.25, 0.3) is 0 Å². The number of hydrogen-bond acceptors (Lipinski definition) is 3. The third-order valence-corrected chi connectivity index (χ3v) is 6.51. The van der Waals surface area contributed by atoms with Crippen LogP contribution in [0.3, 0.4) is 0 Å². The van der Waals surface area contributed by atoms with Crippen LogP contribution < -0.4 is 5.32 Å². The van der Waals surface area contributed by atoms with Gasteiger partial charge in [0.2, 0.25) is 0 Å². The first-order valence-electron chi connectivity index (χ1n) is 7.92. The maximum absolute atomic E-state index is 3.70. The maximum Gasteiger partial charge on any atom is 0.0332 e. The van der Waals surface area contributed by atoms with Crippen LogP contribution in [0.2, 0.25) is 0 Å². The summed E-state index contributed by atoms with van der Waals surface area (Å²) in [6.45, 7) is 5.81. The molecule has 4 heteroatoms. The predicted octanol–water partition coefficient (Wildman–Crippen LogP) is 4.25. The molecule has 2 fully saturated rings. The molecule has 0 spiro atoms. The minimum Gasteiger partial charge on any atom is -0.311 e. The number of halogens is 1. The van der Waals surface area contributed by atoms with E-state index in [0.717, 1.165) is 18.5 Å². The van der Waals surface area contributed by atoms with Crippen molar-refractivity contribution in [2.75, 3.05) is 13.1 Å². The van der Waals surface area contributed by atoms with Gasteiger partial charge in [0, 0.05) is 46.4 Å². The third kappa shape index (κ3) is 3.65. The Labute approximate surface area is 135 Å². The Kier molecular flexibility index (Phi) is 5.18. The molecular weight excluding hydrogens is 332 g/mol. The van der Waals surface area contributed by atoms with Crippen molar-refractivity contribution >= 4 is 27.3 Å². The van der Waals surface area contributed by atoms with Gasteiger partial charge in [-0.1, -0.05) is 19.3 Å². The SMILES string of the molecule is CC1CN(Cc2cc(Br)cs2)C(C2CCCCC2)CN1. The second kappa shape index (κ2) is 6.91. The molecule has 1 aromatic heterocycles. The lowest BCUT2D eigenvalue weighted by Crippen LogP contribution is -2.57. The van der Waals surface area contributed by atoms with Crippen molar-refractivity contribution in [1.82, 2.24) is 10.2 Å². The zero-order chi connectivity index (χ0) is 13.9. The van der Waals surface area contributed by atoms with Gasteiger partial charge in [-0.05, 0) is 47.7 Å². The van der Waals surface area contributed by atoms with Crippen LogP contribution >= 0.6 is 27.3 Å². The van der Waals surface area contributed by atoms with E-state index in [0.29, 0.717) is 6.04 Å². The molecule has 112 valence electrons. The van der Waals surface area contributed by atoms with Crippen molar-refractivity contribution in [2.24, 2.45) is 5.92 Å². The predicted molar refractivity (Wildman–Crippen MR) is 90.3 cm³/mol. The van der Waals surface area contributed by atoms with Crippen LogP contribution in [0.5, 0.6) is 0 Å². The molecule has 1 aromatic rings. The van der Waals surface area contributed by atoms with E-state index in [2.05, 4.69) is 44.5 Å². The Bertz CT molecular complexity index is 428. The summed E-state index contributed by atoms with van der Waals surface area (Å²) in [5, 5.41) is 5.91. The van der Waals surface area contributed by atoms with Gasteiger partial charge in [-0.3, -0.25) is 4.90 Å². The Morgan fingerprint density at radius 3 is 2.85 bits per heavy atom. The second-order valence-corrected chi connectivity index (χ2v) is 8.35. The minimum atomic E-state index is 0.623. The van der Waals surface area contributed by atoms with Gasteiger partial charge in [0.1, 0.15) is 0 Å². The van der Waals surface area contributed by atoms with Crippen LogP contribution in [0, 0.1) is 5.92 Å². The van der Waals surface area contributed by atoms with E-state index in [1.165, 1.54) is 54.5 Å². The fraction of sp³-hybridized carbons (Fsp3) is 0.750.